The van der Waals surface area contributed by atoms with E-state index in [1.54, 1.807) is 0 Å². The lowest BCUT2D eigenvalue weighted by Gasteiger charge is -2.26. The Kier molecular flexibility index (Phi) is 5.32. The van der Waals surface area contributed by atoms with Gasteiger partial charge in [-0.1, -0.05) is 0 Å². The van der Waals surface area contributed by atoms with Crippen LogP contribution < -0.4 is 0 Å². The fourth-order valence-corrected chi connectivity index (χ4v) is 1.48. The third-order valence-electron chi connectivity index (χ3n) is 2.57. The van der Waals surface area contributed by atoms with Crippen LogP contribution in [0.15, 0.2) is 0 Å². The highest BCUT2D eigenvalue weighted by atomic mass is 16.6. The van der Waals surface area contributed by atoms with Gasteiger partial charge in [0.25, 0.3) is 0 Å². The number of carbonyl (C=O) groups excluding carboxylic acids is 1. The molecule has 0 spiro atoms. The van der Waals surface area contributed by atoms with Crippen molar-refractivity contribution in [2.45, 2.75) is 45.6 Å². The van der Waals surface area contributed by atoms with Crippen LogP contribution in [-0.2, 0) is 14.3 Å². The summed E-state index contributed by atoms with van der Waals surface area (Å²) in [6, 6.07) is 3.79. The Hall–Kier alpha value is -2.08. The van der Waals surface area contributed by atoms with Gasteiger partial charge < -0.3 is 9.84 Å². The second kappa shape index (κ2) is 6.02. The average molecular weight is 252 g/mol. The van der Waals surface area contributed by atoms with Crippen molar-refractivity contribution in [3.05, 3.63) is 0 Å². The molecule has 0 aromatic heterocycles. The molecule has 2 atom stereocenters. The number of carboxylic acids is 1. The van der Waals surface area contributed by atoms with Crippen LogP contribution in [0.4, 0.5) is 0 Å². The molecule has 0 fully saturated rings. The maximum absolute atomic E-state index is 10.9. The van der Waals surface area contributed by atoms with E-state index in [1.807, 2.05) is 12.1 Å². The van der Waals surface area contributed by atoms with Crippen molar-refractivity contribution in [1.29, 1.82) is 10.5 Å². The van der Waals surface area contributed by atoms with Gasteiger partial charge in [-0.3, -0.25) is 9.59 Å². The number of ether oxygens (including phenoxy) is 1. The quantitative estimate of drug-likeness (QED) is 0.719. The maximum Gasteiger partial charge on any atom is 0.304 e. The first-order valence-electron chi connectivity index (χ1n) is 5.40. The zero-order valence-electron chi connectivity index (χ0n) is 10.7. The van der Waals surface area contributed by atoms with E-state index in [0.29, 0.717) is 0 Å². The number of nitrogens with zero attached hydrogens (tertiary/aromatic N) is 2. The number of esters is 1. The van der Waals surface area contributed by atoms with Crippen molar-refractivity contribution in [3.8, 4) is 12.1 Å². The van der Waals surface area contributed by atoms with Crippen molar-refractivity contribution in [2.75, 3.05) is 0 Å². The number of nitriles is 2. The number of hydrogen-bond acceptors (Lipinski definition) is 5. The van der Waals surface area contributed by atoms with E-state index in [0.717, 1.165) is 0 Å². The van der Waals surface area contributed by atoms with E-state index in [9.17, 15) is 9.59 Å². The minimum absolute atomic E-state index is 0.112. The van der Waals surface area contributed by atoms with E-state index in [-0.39, 0.29) is 19.3 Å². The minimum atomic E-state index is -1.33. The van der Waals surface area contributed by atoms with Gasteiger partial charge in [-0.15, -0.1) is 0 Å². The molecule has 98 valence electrons. The molecule has 0 unspecified atom stereocenters. The van der Waals surface area contributed by atoms with Crippen LogP contribution in [0.25, 0.3) is 0 Å². The van der Waals surface area contributed by atoms with Crippen LogP contribution in [0.5, 0.6) is 0 Å². The summed E-state index contributed by atoms with van der Waals surface area (Å²) < 4.78 is 4.88. The molecular weight excluding hydrogens is 236 g/mol. The fraction of sp³-hybridized carbons (Fsp3) is 0.667. The van der Waals surface area contributed by atoms with Crippen LogP contribution >= 0.6 is 0 Å². The predicted molar refractivity (Wildman–Crippen MR) is 61.0 cm³/mol. The van der Waals surface area contributed by atoms with Crippen LogP contribution in [-0.4, -0.2) is 22.6 Å². The first kappa shape index (κ1) is 15.9. The topological polar surface area (TPSA) is 111 Å². The SMILES string of the molecule is CC(=O)O[C@](C)(C#N)CC[C@@](C)(C#N)CC(=O)O. The minimum Gasteiger partial charge on any atom is -0.481 e. The van der Waals surface area contributed by atoms with E-state index < -0.39 is 23.0 Å². The molecule has 0 aromatic rings. The lowest BCUT2D eigenvalue weighted by atomic mass is 9.81. The van der Waals surface area contributed by atoms with Gasteiger partial charge >= 0.3 is 11.9 Å². The van der Waals surface area contributed by atoms with Gasteiger partial charge in [-0.25, -0.2) is 0 Å². The molecule has 0 rings (SSSR count). The van der Waals surface area contributed by atoms with E-state index >= 15 is 0 Å². The van der Waals surface area contributed by atoms with Crippen LogP contribution in [0.3, 0.4) is 0 Å². The molecule has 6 nitrogen and oxygen atoms in total. The van der Waals surface area contributed by atoms with Crippen molar-refractivity contribution in [3.63, 3.8) is 0 Å². The summed E-state index contributed by atoms with van der Waals surface area (Å²) in [5.74, 6) is -1.67. The van der Waals surface area contributed by atoms with Crippen LogP contribution in [0.1, 0.15) is 40.0 Å². The molecule has 0 aliphatic heterocycles. The summed E-state index contributed by atoms with van der Waals surface area (Å²) in [5, 5.41) is 26.7. The highest BCUT2D eigenvalue weighted by Crippen LogP contribution is 2.31. The number of carboxylic acid groups (broad SMARTS) is 1. The molecule has 0 aromatic carbocycles. The second-order valence-corrected chi connectivity index (χ2v) is 4.68. The number of rotatable bonds is 6. The zero-order chi connectivity index (χ0) is 14.4. The highest BCUT2D eigenvalue weighted by Gasteiger charge is 2.34. The first-order chi connectivity index (χ1) is 8.16. The van der Waals surface area contributed by atoms with E-state index in [4.69, 9.17) is 20.4 Å². The molecule has 6 heteroatoms. The Balaban J connectivity index is 4.71. The smallest absolute Gasteiger partial charge is 0.304 e. The first-order valence-corrected chi connectivity index (χ1v) is 5.40. The van der Waals surface area contributed by atoms with E-state index in [1.165, 1.54) is 20.8 Å². The van der Waals surface area contributed by atoms with Crippen molar-refractivity contribution < 1.29 is 19.4 Å². The van der Waals surface area contributed by atoms with Gasteiger partial charge in [0.15, 0.2) is 5.60 Å². The number of carbonyl (C=O) groups is 2. The molecule has 0 amide bonds. The monoisotopic (exact) mass is 252 g/mol. The third-order valence-corrected chi connectivity index (χ3v) is 2.57. The van der Waals surface area contributed by atoms with Crippen molar-refractivity contribution in [2.24, 2.45) is 5.41 Å². The van der Waals surface area contributed by atoms with Gasteiger partial charge in [0.2, 0.25) is 0 Å². The lowest BCUT2D eigenvalue weighted by molar-refractivity contribution is -0.151. The summed E-state index contributed by atoms with van der Waals surface area (Å²) in [5.41, 5.74) is -2.41. The Morgan fingerprint density at radius 2 is 1.78 bits per heavy atom. The molecular formula is C12H16N2O4. The summed E-state index contributed by atoms with van der Waals surface area (Å²) in [7, 11) is 0. The molecule has 0 saturated heterocycles. The van der Waals surface area contributed by atoms with Crippen LogP contribution in [0.2, 0.25) is 0 Å². The lowest BCUT2D eigenvalue weighted by Crippen LogP contribution is -2.31. The summed E-state index contributed by atoms with van der Waals surface area (Å²) in [6.07, 6.45) is -0.0430. The van der Waals surface area contributed by atoms with Gasteiger partial charge in [-0.2, -0.15) is 10.5 Å². The largest absolute Gasteiger partial charge is 0.481 e. The second-order valence-electron chi connectivity index (χ2n) is 4.68. The summed E-state index contributed by atoms with van der Waals surface area (Å²) in [4.78, 5) is 21.5. The molecule has 0 radical (unpaired) electrons. The Morgan fingerprint density at radius 3 is 2.11 bits per heavy atom. The third kappa shape index (κ3) is 5.31. The Bertz CT molecular complexity index is 381. The number of aliphatic carboxylic acids is 1. The van der Waals surface area contributed by atoms with Crippen LogP contribution in [0, 0.1) is 28.1 Å². The molecule has 1 N–H and O–H groups in total. The molecule has 0 aliphatic rings. The van der Waals surface area contributed by atoms with Gasteiger partial charge in [0, 0.05) is 13.3 Å². The van der Waals surface area contributed by atoms with Gasteiger partial charge in [0.1, 0.15) is 6.07 Å². The van der Waals surface area contributed by atoms with Crippen molar-refractivity contribution in [1.82, 2.24) is 0 Å². The van der Waals surface area contributed by atoms with Gasteiger partial charge in [-0.05, 0) is 20.3 Å². The maximum atomic E-state index is 10.9. The standard InChI is InChI=1S/C12H16N2O4/c1-9(15)18-12(3,8-14)5-4-11(2,7-13)6-10(16)17/h4-6H2,1-3H3,(H,16,17)/t11-,12+/m1/s1. The predicted octanol–water partition coefficient (Wildman–Crippen LogP) is 1.62. The zero-order valence-corrected chi connectivity index (χ0v) is 10.7. The fourth-order valence-electron chi connectivity index (χ4n) is 1.48. The Labute approximate surface area is 106 Å². The van der Waals surface area contributed by atoms with E-state index in [2.05, 4.69) is 0 Å². The summed E-state index contributed by atoms with van der Waals surface area (Å²) >= 11 is 0. The van der Waals surface area contributed by atoms with Gasteiger partial charge in [0.05, 0.1) is 17.9 Å². The molecule has 18 heavy (non-hydrogen) atoms. The average Bonchev–Trinajstić information content (AvgIpc) is 2.25. The Morgan fingerprint density at radius 1 is 1.22 bits per heavy atom. The number of hydrogen-bond donors (Lipinski definition) is 1. The summed E-state index contributed by atoms with van der Waals surface area (Å²) in [6.45, 7) is 4.13. The van der Waals surface area contributed by atoms with Crippen molar-refractivity contribution >= 4 is 11.9 Å². The normalized spacial score (nSPS) is 16.5. The molecule has 0 saturated carbocycles. The molecule has 0 bridgehead atoms. The highest BCUT2D eigenvalue weighted by molar-refractivity contribution is 5.68. The molecule has 0 heterocycles. The molecule has 0 aliphatic carbocycles.